The Kier molecular flexibility index (Phi) is 4.24. The quantitative estimate of drug-likeness (QED) is 0.842. The summed E-state index contributed by atoms with van der Waals surface area (Å²) >= 11 is 4.84. The van der Waals surface area contributed by atoms with Crippen LogP contribution in [-0.2, 0) is 4.79 Å². The summed E-state index contributed by atoms with van der Waals surface area (Å²) < 4.78 is 25.5. The van der Waals surface area contributed by atoms with Crippen molar-refractivity contribution in [2.75, 3.05) is 5.32 Å². The van der Waals surface area contributed by atoms with Gasteiger partial charge in [-0.2, -0.15) is 5.26 Å². The van der Waals surface area contributed by atoms with Crippen LogP contribution in [0, 0.1) is 28.9 Å². The highest BCUT2D eigenvalue weighted by Crippen LogP contribution is 2.14. The number of nitrogens with one attached hydrogen (secondary N) is 1. The zero-order chi connectivity index (χ0) is 13.0. The van der Waals surface area contributed by atoms with E-state index in [9.17, 15) is 13.6 Å². The molecule has 1 rings (SSSR count). The molecular weight excluding hydrogens is 246 g/mol. The number of rotatable bonds is 3. The predicted molar refractivity (Wildman–Crippen MR) is 62.4 cm³/mol. The fraction of sp³-hybridized carbons (Fsp3) is 0.182. The Labute approximate surface area is 102 Å². The van der Waals surface area contributed by atoms with E-state index in [2.05, 4.69) is 5.32 Å². The van der Waals surface area contributed by atoms with Crippen molar-refractivity contribution >= 4 is 28.7 Å². The van der Waals surface area contributed by atoms with Crippen LogP contribution in [0.2, 0.25) is 0 Å². The van der Waals surface area contributed by atoms with Gasteiger partial charge in [-0.3, -0.25) is 4.79 Å². The number of nitrogens with zero attached hydrogens (tertiary/aromatic N) is 1. The Balaban J connectivity index is 2.85. The van der Waals surface area contributed by atoms with Gasteiger partial charge in [0.05, 0.1) is 6.07 Å². The number of halogens is 2. The molecule has 0 saturated carbocycles. The third-order valence-corrected chi connectivity index (χ3v) is 2.32. The van der Waals surface area contributed by atoms with Crippen LogP contribution in [0.25, 0.3) is 0 Å². The van der Waals surface area contributed by atoms with E-state index in [1.54, 1.807) is 6.07 Å². The van der Waals surface area contributed by atoms with Crippen LogP contribution < -0.4 is 5.32 Å². The monoisotopic (exact) mass is 254 g/mol. The van der Waals surface area contributed by atoms with Crippen molar-refractivity contribution in [2.45, 2.75) is 6.92 Å². The molecule has 0 aromatic heterocycles. The van der Waals surface area contributed by atoms with Gasteiger partial charge in [-0.15, -0.1) is 0 Å². The third kappa shape index (κ3) is 3.29. The largest absolute Gasteiger partial charge is 0.348 e. The zero-order valence-corrected chi connectivity index (χ0v) is 9.65. The van der Waals surface area contributed by atoms with E-state index in [1.807, 2.05) is 0 Å². The summed E-state index contributed by atoms with van der Waals surface area (Å²) in [5.41, 5.74) is 0.190. The van der Waals surface area contributed by atoms with E-state index >= 15 is 0 Å². The normalized spacial score (nSPS) is 11.4. The Morgan fingerprint density at radius 1 is 1.47 bits per heavy atom. The summed E-state index contributed by atoms with van der Waals surface area (Å²) in [7, 11) is 0. The second kappa shape index (κ2) is 5.46. The fourth-order valence-electron chi connectivity index (χ4n) is 1.12. The first-order valence-electron chi connectivity index (χ1n) is 4.61. The lowest BCUT2D eigenvalue weighted by atomic mass is 10.1. The van der Waals surface area contributed by atoms with Crippen LogP contribution in [-0.4, -0.2) is 10.8 Å². The maximum Gasteiger partial charge on any atom is 0.160 e. The molecule has 0 spiro atoms. The van der Waals surface area contributed by atoms with Gasteiger partial charge >= 0.3 is 0 Å². The molecule has 17 heavy (non-hydrogen) atoms. The number of anilines is 1. The highest BCUT2D eigenvalue weighted by Gasteiger charge is 2.19. The molecule has 1 N–H and O–H groups in total. The van der Waals surface area contributed by atoms with Crippen molar-refractivity contribution in [1.82, 2.24) is 0 Å². The molecule has 88 valence electrons. The smallest absolute Gasteiger partial charge is 0.160 e. The molecule has 1 aromatic carbocycles. The van der Waals surface area contributed by atoms with Crippen LogP contribution in [0.3, 0.4) is 0 Å². The van der Waals surface area contributed by atoms with Gasteiger partial charge in [0.25, 0.3) is 0 Å². The number of benzene rings is 1. The molecular formula is C11H8F2N2OS. The minimum atomic E-state index is -1.09. The number of Topliss-reactive ketones (excluding diaryl/α,β-unsaturated/α-hetero) is 1. The molecule has 0 heterocycles. The number of carbonyl (C=O) groups excluding carboxylic acids is 1. The van der Waals surface area contributed by atoms with Crippen molar-refractivity contribution < 1.29 is 13.6 Å². The summed E-state index contributed by atoms with van der Waals surface area (Å²) in [6.07, 6.45) is 0. The van der Waals surface area contributed by atoms with Crippen LogP contribution >= 0.6 is 12.2 Å². The second-order valence-corrected chi connectivity index (χ2v) is 3.73. The van der Waals surface area contributed by atoms with Crippen LogP contribution in [0.1, 0.15) is 6.92 Å². The van der Waals surface area contributed by atoms with Crippen molar-refractivity contribution in [1.29, 1.82) is 5.26 Å². The summed E-state index contributed by atoms with van der Waals surface area (Å²) in [4.78, 5) is 11.0. The molecule has 0 amide bonds. The molecule has 1 unspecified atom stereocenters. The molecule has 1 atom stereocenters. The van der Waals surface area contributed by atoms with Gasteiger partial charge in [-0.25, -0.2) is 8.78 Å². The van der Waals surface area contributed by atoms with E-state index < -0.39 is 23.3 Å². The third-order valence-electron chi connectivity index (χ3n) is 1.98. The Morgan fingerprint density at radius 3 is 2.59 bits per heavy atom. The van der Waals surface area contributed by atoms with Crippen molar-refractivity contribution in [3.63, 3.8) is 0 Å². The molecule has 0 aliphatic heterocycles. The van der Waals surface area contributed by atoms with E-state index in [0.29, 0.717) is 0 Å². The van der Waals surface area contributed by atoms with Crippen molar-refractivity contribution in [3.8, 4) is 6.07 Å². The van der Waals surface area contributed by atoms with E-state index in [-0.39, 0.29) is 10.7 Å². The van der Waals surface area contributed by atoms with E-state index in [0.717, 1.165) is 12.1 Å². The maximum atomic E-state index is 12.9. The average Bonchev–Trinajstić information content (AvgIpc) is 2.24. The minimum absolute atomic E-state index is 0.0361. The summed E-state index contributed by atoms with van der Waals surface area (Å²) in [6.45, 7) is 1.23. The maximum absolute atomic E-state index is 12.9. The molecule has 0 fully saturated rings. The molecule has 0 saturated heterocycles. The Hall–Kier alpha value is -1.87. The molecule has 1 aromatic rings. The van der Waals surface area contributed by atoms with Gasteiger partial charge in [-0.05, 0) is 19.1 Å². The highest BCUT2D eigenvalue weighted by atomic mass is 32.1. The number of hydrogen-bond acceptors (Lipinski definition) is 3. The van der Waals surface area contributed by atoms with Gasteiger partial charge in [0.15, 0.2) is 23.3 Å². The van der Waals surface area contributed by atoms with E-state index in [4.69, 9.17) is 17.5 Å². The molecule has 0 aliphatic rings. The standard InChI is InChI=1S/C11H8F2N2OS/c1-6(16)8(5-14)11(17)15-7-2-3-9(12)10(13)4-7/h2-4,8H,1H3,(H,15,17). The minimum Gasteiger partial charge on any atom is -0.348 e. The van der Waals surface area contributed by atoms with Gasteiger partial charge in [0.2, 0.25) is 0 Å². The number of carbonyl (C=O) groups is 1. The Bertz CT molecular complexity index is 511. The van der Waals surface area contributed by atoms with Crippen LogP contribution in [0.15, 0.2) is 18.2 Å². The number of ketones is 1. The first-order valence-corrected chi connectivity index (χ1v) is 5.02. The first kappa shape index (κ1) is 13.2. The molecule has 0 radical (unpaired) electrons. The van der Waals surface area contributed by atoms with Gasteiger partial charge < -0.3 is 5.32 Å². The lowest BCUT2D eigenvalue weighted by Crippen LogP contribution is -2.25. The summed E-state index contributed by atoms with van der Waals surface area (Å²) in [6, 6.07) is 4.81. The van der Waals surface area contributed by atoms with E-state index in [1.165, 1.54) is 13.0 Å². The number of thiocarbonyl (C=S) groups is 1. The average molecular weight is 254 g/mol. The summed E-state index contributed by atoms with van der Waals surface area (Å²) in [5.74, 6) is -3.51. The zero-order valence-electron chi connectivity index (χ0n) is 8.83. The lowest BCUT2D eigenvalue weighted by molar-refractivity contribution is -0.117. The van der Waals surface area contributed by atoms with Crippen LogP contribution in [0.5, 0.6) is 0 Å². The fourth-order valence-corrected chi connectivity index (χ4v) is 1.46. The van der Waals surface area contributed by atoms with Crippen molar-refractivity contribution in [2.24, 2.45) is 5.92 Å². The van der Waals surface area contributed by atoms with Gasteiger partial charge in [0, 0.05) is 11.8 Å². The predicted octanol–water partition coefficient (Wildman–Crippen LogP) is 2.43. The van der Waals surface area contributed by atoms with Gasteiger partial charge in [0.1, 0.15) is 4.99 Å². The topological polar surface area (TPSA) is 52.9 Å². The second-order valence-electron chi connectivity index (χ2n) is 3.29. The SMILES string of the molecule is CC(=O)C(C#N)C(=S)Nc1ccc(F)c(F)c1. The molecule has 0 aliphatic carbocycles. The lowest BCUT2D eigenvalue weighted by Gasteiger charge is -2.10. The van der Waals surface area contributed by atoms with Gasteiger partial charge in [-0.1, -0.05) is 12.2 Å². The van der Waals surface area contributed by atoms with Crippen LogP contribution in [0.4, 0.5) is 14.5 Å². The number of hydrogen-bond donors (Lipinski definition) is 1. The highest BCUT2D eigenvalue weighted by molar-refractivity contribution is 7.80. The molecule has 0 bridgehead atoms. The Morgan fingerprint density at radius 2 is 2.12 bits per heavy atom. The van der Waals surface area contributed by atoms with Crippen molar-refractivity contribution in [3.05, 3.63) is 29.8 Å². The molecule has 3 nitrogen and oxygen atoms in total. The number of nitriles is 1. The summed E-state index contributed by atoms with van der Waals surface area (Å²) in [5, 5.41) is 11.2. The first-order chi connectivity index (χ1) is 7.95. The molecule has 6 heteroatoms.